The Morgan fingerprint density at radius 3 is 2.63 bits per heavy atom. The van der Waals surface area contributed by atoms with Crippen LogP contribution >= 0.6 is 0 Å². The summed E-state index contributed by atoms with van der Waals surface area (Å²) in [5, 5.41) is 3.73. The zero-order chi connectivity index (χ0) is 14.0. The van der Waals surface area contributed by atoms with Crippen molar-refractivity contribution in [2.24, 2.45) is 5.41 Å². The van der Waals surface area contributed by atoms with Gasteiger partial charge in [-0.05, 0) is 50.2 Å². The van der Waals surface area contributed by atoms with Gasteiger partial charge in [0.15, 0.2) is 0 Å². The van der Waals surface area contributed by atoms with Crippen molar-refractivity contribution >= 4 is 5.69 Å². The molecule has 0 aliphatic heterocycles. The third kappa shape index (κ3) is 3.23. The monoisotopic (exact) mass is 261 g/mol. The number of rotatable bonds is 3. The van der Waals surface area contributed by atoms with E-state index in [1.165, 1.54) is 42.5 Å². The molecule has 1 aromatic rings. The molecule has 19 heavy (non-hydrogen) atoms. The van der Waals surface area contributed by atoms with Crippen molar-refractivity contribution in [3.8, 4) is 5.75 Å². The van der Waals surface area contributed by atoms with E-state index in [2.05, 4.69) is 45.1 Å². The summed E-state index contributed by atoms with van der Waals surface area (Å²) >= 11 is 0. The zero-order valence-electron chi connectivity index (χ0n) is 13.0. The van der Waals surface area contributed by atoms with Gasteiger partial charge in [-0.1, -0.05) is 26.3 Å². The summed E-state index contributed by atoms with van der Waals surface area (Å²) in [6.07, 6.45) is 5.20. The van der Waals surface area contributed by atoms with Crippen LogP contribution in [0.5, 0.6) is 5.75 Å². The highest BCUT2D eigenvalue weighted by atomic mass is 16.5. The standard InChI is InChI=1S/C17H27NO/c1-12-8-9-15(13(2)16(12)19-5)18-14-7-6-10-17(3,4)11-14/h8-9,14,18H,6-7,10-11H2,1-5H3. The lowest BCUT2D eigenvalue weighted by Gasteiger charge is -2.36. The summed E-state index contributed by atoms with van der Waals surface area (Å²) in [5.74, 6) is 1.01. The minimum atomic E-state index is 0.471. The molecule has 2 nitrogen and oxygen atoms in total. The molecule has 1 unspecified atom stereocenters. The van der Waals surface area contributed by atoms with Gasteiger partial charge in [-0.25, -0.2) is 0 Å². The summed E-state index contributed by atoms with van der Waals surface area (Å²) in [5.41, 5.74) is 4.13. The number of hydrogen-bond donors (Lipinski definition) is 1. The van der Waals surface area contributed by atoms with E-state index in [1.54, 1.807) is 7.11 Å². The van der Waals surface area contributed by atoms with Crippen LogP contribution in [0.1, 0.15) is 50.7 Å². The Morgan fingerprint density at radius 2 is 2.00 bits per heavy atom. The molecule has 0 spiro atoms. The van der Waals surface area contributed by atoms with Gasteiger partial charge in [0, 0.05) is 17.3 Å². The molecule has 1 fully saturated rings. The minimum absolute atomic E-state index is 0.471. The van der Waals surface area contributed by atoms with Crippen LogP contribution in [-0.4, -0.2) is 13.2 Å². The Kier molecular flexibility index (Phi) is 4.07. The molecule has 106 valence electrons. The normalized spacial score (nSPS) is 22.1. The van der Waals surface area contributed by atoms with Crippen LogP contribution in [0, 0.1) is 19.3 Å². The largest absolute Gasteiger partial charge is 0.496 e. The zero-order valence-corrected chi connectivity index (χ0v) is 13.0. The van der Waals surface area contributed by atoms with Crippen molar-refractivity contribution in [2.45, 2.75) is 59.4 Å². The van der Waals surface area contributed by atoms with E-state index in [0.717, 1.165) is 5.75 Å². The quantitative estimate of drug-likeness (QED) is 0.852. The maximum atomic E-state index is 5.51. The minimum Gasteiger partial charge on any atom is -0.496 e. The summed E-state index contributed by atoms with van der Waals surface area (Å²) in [6.45, 7) is 8.99. The summed E-state index contributed by atoms with van der Waals surface area (Å²) in [7, 11) is 1.75. The first-order chi connectivity index (χ1) is 8.93. The fourth-order valence-electron chi connectivity index (χ4n) is 3.34. The van der Waals surface area contributed by atoms with Gasteiger partial charge in [0.05, 0.1) is 7.11 Å². The van der Waals surface area contributed by atoms with Crippen molar-refractivity contribution in [1.82, 2.24) is 0 Å². The lowest BCUT2D eigenvalue weighted by Crippen LogP contribution is -2.32. The highest BCUT2D eigenvalue weighted by Gasteiger charge is 2.28. The van der Waals surface area contributed by atoms with Gasteiger partial charge in [-0.3, -0.25) is 0 Å². The third-order valence-electron chi connectivity index (χ3n) is 4.37. The molecule has 1 aliphatic carbocycles. The Balaban J connectivity index is 2.15. The van der Waals surface area contributed by atoms with Crippen LogP contribution in [0.4, 0.5) is 5.69 Å². The maximum absolute atomic E-state index is 5.51. The van der Waals surface area contributed by atoms with E-state index in [-0.39, 0.29) is 0 Å². The molecule has 0 amide bonds. The predicted molar refractivity (Wildman–Crippen MR) is 82.1 cm³/mol. The van der Waals surface area contributed by atoms with Crippen molar-refractivity contribution in [3.63, 3.8) is 0 Å². The lowest BCUT2D eigenvalue weighted by atomic mass is 9.75. The van der Waals surface area contributed by atoms with E-state index >= 15 is 0 Å². The number of ether oxygens (including phenoxy) is 1. The summed E-state index contributed by atoms with van der Waals surface area (Å²) in [6, 6.07) is 4.92. The molecule has 0 radical (unpaired) electrons. The van der Waals surface area contributed by atoms with Gasteiger partial charge in [0.2, 0.25) is 0 Å². The van der Waals surface area contributed by atoms with Crippen molar-refractivity contribution < 1.29 is 4.74 Å². The van der Waals surface area contributed by atoms with E-state index in [1.807, 2.05) is 0 Å². The first-order valence-electron chi connectivity index (χ1n) is 7.34. The summed E-state index contributed by atoms with van der Waals surface area (Å²) < 4.78 is 5.51. The molecular weight excluding hydrogens is 234 g/mol. The smallest absolute Gasteiger partial charge is 0.126 e. The third-order valence-corrected chi connectivity index (χ3v) is 4.37. The van der Waals surface area contributed by atoms with E-state index < -0.39 is 0 Å². The number of methoxy groups -OCH3 is 1. The predicted octanol–water partition coefficient (Wildman–Crippen LogP) is 4.69. The Bertz CT molecular complexity index is 451. The van der Waals surface area contributed by atoms with Crippen LogP contribution in [0.2, 0.25) is 0 Å². The number of nitrogens with one attached hydrogen (secondary N) is 1. The molecule has 1 aromatic carbocycles. The second kappa shape index (κ2) is 5.44. The molecule has 1 atom stereocenters. The van der Waals surface area contributed by atoms with Gasteiger partial charge in [0.1, 0.15) is 5.75 Å². The van der Waals surface area contributed by atoms with Crippen molar-refractivity contribution in [2.75, 3.05) is 12.4 Å². The molecule has 0 heterocycles. The van der Waals surface area contributed by atoms with E-state index in [0.29, 0.717) is 11.5 Å². The van der Waals surface area contributed by atoms with Gasteiger partial charge in [-0.2, -0.15) is 0 Å². The van der Waals surface area contributed by atoms with Crippen LogP contribution in [0.25, 0.3) is 0 Å². The molecule has 1 N–H and O–H groups in total. The van der Waals surface area contributed by atoms with Crippen LogP contribution in [-0.2, 0) is 0 Å². The Morgan fingerprint density at radius 1 is 1.26 bits per heavy atom. The Labute approximate surface area is 117 Å². The lowest BCUT2D eigenvalue weighted by molar-refractivity contribution is 0.229. The first-order valence-corrected chi connectivity index (χ1v) is 7.34. The fraction of sp³-hybridized carbons (Fsp3) is 0.647. The first kappa shape index (κ1) is 14.2. The van der Waals surface area contributed by atoms with Gasteiger partial charge < -0.3 is 10.1 Å². The van der Waals surface area contributed by atoms with Gasteiger partial charge in [-0.15, -0.1) is 0 Å². The number of hydrogen-bond acceptors (Lipinski definition) is 2. The van der Waals surface area contributed by atoms with E-state index in [4.69, 9.17) is 4.74 Å². The van der Waals surface area contributed by atoms with Gasteiger partial charge >= 0.3 is 0 Å². The molecule has 2 heteroatoms. The van der Waals surface area contributed by atoms with Crippen LogP contribution < -0.4 is 10.1 Å². The Hall–Kier alpha value is -1.18. The van der Waals surface area contributed by atoms with Crippen LogP contribution in [0.15, 0.2) is 12.1 Å². The highest BCUT2D eigenvalue weighted by molar-refractivity contribution is 5.60. The number of benzene rings is 1. The summed E-state index contributed by atoms with van der Waals surface area (Å²) in [4.78, 5) is 0. The van der Waals surface area contributed by atoms with Gasteiger partial charge in [0.25, 0.3) is 0 Å². The number of aryl methyl sites for hydroxylation is 1. The molecule has 1 aliphatic rings. The second-order valence-electron chi connectivity index (χ2n) is 6.69. The number of anilines is 1. The molecule has 2 rings (SSSR count). The van der Waals surface area contributed by atoms with Crippen molar-refractivity contribution in [1.29, 1.82) is 0 Å². The van der Waals surface area contributed by atoms with Crippen molar-refractivity contribution in [3.05, 3.63) is 23.3 Å². The molecule has 0 saturated heterocycles. The molecular formula is C17H27NO. The van der Waals surface area contributed by atoms with E-state index in [9.17, 15) is 0 Å². The average Bonchev–Trinajstić information content (AvgIpc) is 2.32. The highest BCUT2D eigenvalue weighted by Crippen LogP contribution is 2.37. The SMILES string of the molecule is COc1c(C)ccc(NC2CCCC(C)(C)C2)c1C. The average molecular weight is 261 g/mol. The molecule has 1 saturated carbocycles. The van der Waals surface area contributed by atoms with Crippen LogP contribution in [0.3, 0.4) is 0 Å². The molecule has 0 bridgehead atoms. The molecule has 0 aromatic heterocycles. The topological polar surface area (TPSA) is 21.3 Å². The fourth-order valence-corrected chi connectivity index (χ4v) is 3.34. The second-order valence-corrected chi connectivity index (χ2v) is 6.69. The maximum Gasteiger partial charge on any atom is 0.126 e.